The Morgan fingerprint density at radius 2 is 0.657 bits per heavy atom. The van der Waals surface area contributed by atoms with Crippen molar-refractivity contribution in [3.05, 3.63) is 283 Å². The summed E-state index contributed by atoms with van der Waals surface area (Å²) in [6.45, 7) is 0. The lowest BCUT2D eigenvalue weighted by Crippen LogP contribution is -2.26. The van der Waals surface area contributed by atoms with Crippen LogP contribution in [0.4, 0.5) is 17.1 Å². The molecule has 15 rings (SSSR count). The molecule has 0 radical (unpaired) electrons. The Bertz CT molecular complexity index is 4230. The van der Waals surface area contributed by atoms with Crippen LogP contribution in [0.3, 0.4) is 0 Å². The maximum atomic E-state index is 2.57. The van der Waals surface area contributed by atoms with Crippen LogP contribution in [0.15, 0.2) is 261 Å². The third kappa shape index (κ3) is 5.55. The molecular formula is C69H43N. The number of rotatable bonds is 5. The molecule has 70 heavy (non-hydrogen) atoms. The first kappa shape index (κ1) is 39.0. The molecule has 0 aliphatic heterocycles. The highest BCUT2D eigenvalue weighted by Crippen LogP contribution is 2.64. The molecule has 13 aromatic carbocycles. The van der Waals surface area contributed by atoms with Gasteiger partial charge in [-0.25, -0.2) is 0 Å². The van der Waals surface area contributed by atoms with Crippen LogP contribution in [0, 0.1) is 0 Å². The molecule has 2 aliphatic rings. The number of hydrogen-bond acceptors (Lipinski definition) is 1. The van der Waals surface area contributed by atoms with Crippen LogP contribution in [0.1, 0.15) is 22.3 Å². The van der Waals surface area contributed by atoms with Gasteiger partial charge in [0.15, 0.2) is 0 Å². The van der Waals surface area contributed by atoms with Gasteiger partial charge in [0.2, 0.25) is 0 Å². The lowest BCUT2D eigenvalue weighted by atomic mass is 9.70. The van der Waals surface area contributed by atoms with E-state index in [9.17, 15) is 0 Å². The average Bonchev–Trinajstić information content (AvgIpc) is 3.90. The van der Waals surface area contributed by atoms with Gasteiger partial charge in [-0.05, 0) is 164 Å². The Morgan fingerprint density at radius 1 is 0.229 bits per heavy atom. The molecule has 0 N–H and O–H groups in total. The van der Waals surface area contributed by atoms with Gasteiger partial charge in [0.05, 0.1) is 11.1 Å². The fourth-order valence-corrected chi connectivity index (χ4v) is 12.5. The quantitative estimate of drug-likeness (QED) is 0.156. The van der Waals surface area contributed by atoms with E-state index in [1.165, 1.54) is 121 Å². The average molecular weight is 886 g/mol. The summed E-state index contributed by atoms with van der Waals surface area (Å²) in [6, 6.07) is 97.9. The topological polar surface area (TPSA) is 3.24 Å². The molecule has 1 heteroatoms. The van der Waals surface area contributed by atoms with Crippen LogP contribution in [-0.4, -0.2) is 0 Å². The van der Waals surface area contributed by atoms with Crippen molar-refractivity contribution in [2.24, 2.45) is 0 Å². The predicted molar refractivity (Wildman–Crippen MR) is 296 cm³/mol. The number of hydrogen-bond donors (Lipinski definition) is 0. The molecule has 1 spiro atoms. The maximum Gasteiger partial charge on any atom is 0.0726 e. The van der Waals surface area contributed by atoms with Gasteiger partial charge in [-0.2, -0.15) is 0 Å². The van der Waals surface area contributed by atoms with Crippen molar-refractivity contribution >= 4 is 70.9 Å². The van der Waals surface area contributed by atoms with Crippen LogP contribution >= 0.6 is 0 Å². The summed E-state index contributed by atoms with van der Waals surface area (Å²) in [4.78, 5) is 2.54. The van der Waals surface area contributed by atoms with Crippen LogP contribution in [-0.2, 0) is 5.41 Å². The van der Waals surface area contributed by atoms with Crippen molar-refractivity contribution in [3.63, 3.8) is 0 Å². The highest BCUT2D eigenvalue weighted by atomic mass is 15.1. The summed E-state index contributed by atoms with van der Waals surface area (Å²) >= 11 is 0. The predicted octanol–water partition coefficient (Wildman–Crippen LogP) is 18.6. The Labute approximate surface area is 406 Å². The van der Waals surface area contributed by atoms with Crippen molar-refractivity contribution in [3.8, 4) is 44.5 Å². The molecule has 0 amide bonds. The minimum atomic E-state index is -0.514. The summed E-state index contributed by atoms with van der Waals surface area (Å²) in [7, 11) is 0. The zero-order valence-corrected chi connectivity index (χ0v) is 38.3. The Kier molecular flexibility index (Phi) is 8.35. The first-order valence-electron chi connectivity index (χ1n) is 24.4. The van der Waals surface area contributed by atoms with Gasteiger partial charge in [-0.15, -0.1) is 0 Å². The van der Waals surface area contributed by atoms with E-state index in [0.717, 1.165) is 17.1 Å². The first-order valence-corrected chi connectivity index (χ1v) is 24.4. The molecule has 0 atom stereocenters. The van der Waals surface area contributed by atoms with E-state index in [1.54, 1.807) is 0 Å². The Balaban J connectivity index is 1.05. The minimum Gasteiger partial charge on any atom is -0.310 e. The molecule has 2 aliphatic carbocycles. The highest BCUT2D eigenvalue weighted by molar-refractivity contribution is 6.26. The van der Waals surface area contributed by atoms with E-state index in [-0.39, 0.29) is 0 Å². The van der Waals surface area contributed by atoms with Crippen molar-refractivity contribution in [1.29, 1.82) is 0 Å². The summed E-state index contributed by atoms with van der Waals surface area (Å²) in [5.74, 6) is 0. The smallest absolute Gasteiger partial charge is 0.0726 e. The van der Waals surface area contributed by atoms with Gasteiger partial charge < -0.3 is 4.90 Å². The van der Waals surface area contributed by atoms with E-state index < -0.39 is 5.41 Å². The van der Waals surface area contributed by atoms with Crippen LogP contribution in [0.5, 0.6) is 0 Å². The van der Waals surface area contributed by atoms with Crippen LogP contribution < -0.4 is 4.90 Å². The van der Waals surface area contributed by atoms with E-state index in [0.29, 0.717) is 0 Å². The molecule has 0 heterocycles. The minimum absolute atomic E-state index is 0.514. The van der Waals surface area contributed by atoms with Crippen molar-refractivity contribution in [2.45, 2.75) is 5.41 Å². The van der Waals surface area contributed by atoms with Gasteiger partial charge in [-0.1, -0.05) is 212 Å². The molecule has 324 valence electrons. The molecule has 1 nitrogen and oxygen atoms in total. The van der Waals surface area contributed by atoms with Gasteiger partial charge >= 0.3 is 0 Å². The van der Waals surface area contributed by atoms with Crippen molar-refractivity contribution in [2.75, 3.05) is 4.90 Å². The molecule has 0 unspecified atom stereocenters. The SMILES string of the molecule is c1ccc2c(c1)-c1ccccc1C21c2ccccc2-c2cc(-c3ccc4ccccc4c3)c(N(c3ccc(-c4ccc5ccccc5c4)cc3)c3ccc4c5ccccc5c5ccccc5c4c3)cc21. The van der Waals surface area contributed by atoms with Gasteiger partial charge in [-0.3, -0.25) is 0 Å². The third-order valence-corrected chi connectivity index (χ3v) is 15.6. The van der Waals surface area contributed by atoms with E-state index in [1.807, 2.05) is 0 Å². The van der Waals surface area contributed by atoms with Crippen LogP contribution in [0.25, 0.3) is 98.4 Å². The molecule has 13 aromatic rings. The van der Waals surface area contributed by atoms with Crippen molar-refractivity contribution in [1.82, 2.24) is 0 Å². The monoisotopic (exact) mass is 885 g/mol. The molecule has 0 aromatic heterocycles. The van der Waals surface area contributed by atoms with E-state index in [2.05, 4.69) is 266 Å². The van der Waals surface area contributed by atoms with Gasteiger partial charge in [0.25, 0.3) is 0 Å². The number of nitrogens with zero attached hydrogens (tertiary/aromatic N) is 1. The summed E-state index contributed by atoms with van der Waals surface area (Å²) in [5.41, 5.74) is 18.0. The highest BCUT2D eigenvalue weighted by Gasteiger charge is 2.52. The fraction of sp³-hybridized carbons (Fsp3) is 0.0145. The zero-order chi connectivity index (χ0) is 45.9. The number of benzene rings is 13. The summed E-state index contributed by atoms with van der Waals surface area (Å²) in [6.07, 6.45) is 0. The van der Waals surface area contributed by atoms with Crippen molar-refractivity contribution < 1.29 is 0 Å². The standard InChI is InChI=1S/C69H43N/c1-3-17-47-39-49(31-29-44(47)15-1)46-33-35-51(36-34-46)70(52-37-38-57-55-21-6-5-19-53(55)54-20-7-8-22-56(54)62(57)41-52)68-43-67-63(42-61(68)50-32-30-45-16-2-4-18-48(45)40-50)60-25-11-14-28-66(60)69(67)64-26-12-9-23-58(64)59-24-10-13-27-65(59)69/h1-43H. The second kappa shape index (κ2) is 15.0. The molecule has 0 saturated carbocycles. The lowest BCUT2D eigenvalue weighted by molar-refractivity contribution is 0.794. The van der Waals surface area contributed by atoms with E-state index in [4.69, 9.17) is 0 Å². The van der Waals surface area contributed by atoms with Crippen LogP contribution in [0.2, 0.25) is 0 Å². The maximum absolute atomic E-state index is 2.57. The Hall–Kier alpha value is -9.04. The van der Waals surface area contributed by atoms with Gasteiger partial charge in [0, 0.05) is 16.9 Å². The van der Waals surface area contributed by atoms with E-state index >= 15 is 0 Å². The molecule has 0 bridgehead atoms. The fourth-order valence-electron chi connectivity index (χ4n) is 12.5. The lowest BCUT2D eigenvalue weighted by Gasteiger charge is -2.33. The second-order valence-electron chi connectivity index (χ2n) is 19.1. The normalized spacial score (nSPS) is 13.0. The Morgan fingerprint density at radius 3 is 1.24 bits per heavy atom. The summed E-state index contributed by atoms with van der Waals surface area (Å²) < 4.78 is 0. The third-order valence-electron chi connectivity index (χ3n) is 15.6. The summed E-state index contributed by atoms with van der Waals surface area (Å²) in [5, 5.41) is 12.5. The zero-order valence-electron chi connectivity index (χ0n) is 38.3. The van der Waals surface area contributed by atoms with Gasteiger partial charge in [0.1, 0.15) is 0 Å². The largest absolute Gasteiger partial charge is 0.310 e. The molecule has 0 saturated heterocycles. The molecule has 0 fully saturated rings. The first-order chi connectivity index (χ1) is 34.7. The number of anilines is 3. The number of fused-ring (bicyclic) bond motifs is 18. The molecular weight excluding hydrogens is 843 g/mol. The second-order valence-corrected chi connectivity index (χ2v) is 19.1.